The number of fused-ring (bicyclic) bond motifs is 1. The molecule has 0 aliphatic carbocycles. The molecule has 0 N–H and O–H groups in total. The van der Waals surface area contributed by atoms with Gasteiger partial charge in [-0.05, 0) is 29.7 Å². The Bertz CT molecular complexity index is 1130. The van der Waals surface area contributed by atoms with Crippen molar-refractivity contribution < 1.29 is 4.79 Å². The Balaban J connectivity index is 2.01. The third-order valence-electron chi connectivity index (χ3n) is 4.43. The number of amides is 1. The van der Waals surface area contributed by atoms with Crippen molar-refractivity contribution in [3.8, 4) is 6.07 Å². The summed E-state index contributed by atoms with van der Waals surface area (Å²) >= 11 is 0. The largest absolute Gasteiger partial charge is 0.336 e. The number of carbonyl (C=O) groups is 1. The van der Waals surface area contributed by atoms with Crippen molar-refractivity contribution in [2.45, 2.75) is 26.9 Å². The Hall–Kier alpha value is -3.46. The first-order valence-electron chi connectivity index (χ1n) is 9.15. The van der Waals surface area contributed by atoms with Gasteiger partial charge in [0, 0.05) is 25.5 Å². The smallest absolute Gasteiger partial charge is 0.274 e. The number of nitriles is 1. The molecule has 1 amide bonds. The highest BCUT2D eigenvalue weighted by Gasteiger charge is 2.20. The quantitative estimate of drug-likeness (QED) is 0.687. The molecule has 0 saturated carbocycles. The van der Waals surface area contributed by atoms with Gasteiger partial charge in [-0.3, -0.25) is 9.59 Å². The van der Waals surface area contributed by atoms with Gasteiger partial charge in [0.2, 0.25) is 0 Å². The SMILES string of the molecule is CC(C)Cn1nc(C(=O)N(C)Cc2cccc(C#N)c2)c2ccccc2c1=O. The summed E-state index contributed by atoms with van der Waals surface area (Å²) in [6.07, 6.45) is 0. The monoisotopic (exact) mass is 374 g/mol. The molecule has 6 nitrogen and oxygen atoms in total. The second-order valence-electron chi connectivity index (χ2n) is 7.25. The van der Waals surface area contributed by atoms with Gasteiger partial charge in [-0.25, -0.2) is 4.68 Å². The van der Waals surface area contributed by atoms with E-state index in [4.69, 9.17) is 5.26 Å². The Kier molecular flexibility index (Phi) is 5.55. The molecule has 0 radical (unpaired) electrons. The van der Waals surface area contributed by atoms with Crippen LogP contribution in [0.1, 0.15) is 35.5 Å². The maximum atomic E-state index is 13.1. The first-order chi connectivity index (χ1) is 13.4. The third kappa shape index (κ3) is 3.94. The highest BCUT2D eigenvalue weighted by molar-refractivity contribution is 6.04. The molecule has 2 aromatic carbocycles. The lowest BCUT2D eigenvalue weighted by Crippen LogP contribution is -2.32. The van der Waals surface area contributed by atoms with Gasteiger partial charge in [0.15, 0.2) is 5.69 Å². The molecule has 28 heavy (non-hydrogen) atoms. The van der Waals surface area contributed by atoms with E-state index in [0.29, 0.717) is 29.4 Å². The van der Waals surface area contributed by atoms with Crippen LogP contribution in [0.2, 0.25) is 0 Å². The summed E-state index contributed by atoms with van der Waals surface area (Å²) in [6.45, 7) is 4.78. The molecule has 3 aromatic rings. The standard InChI is InChI=1S/C22H22N4O2/c1-15(2)13-26-21(27)19-10-5-4-9-18(19)20(24-26)22(28)25(3)14-17-8-6-7-16(11-17)12-23/h4-11,15H,13-14H2,1-3H3. The van der Waals surface area contributed by atoms with E-state index >= 15 is 0 Å². The van der Waals surface area contributed by atoms with Gasteiger partial charge in [0.05, 0.1) is 17.0 Å². The molecule has 142 valence electrons. The zero-order valence-electron chi connectivity index (χ0n) is 16.2. The molecule has 1 aromatic heterocycles. The molecule has 0 aliphatic heterocycles. The van der Waals surface area contributed by atoms with Crippen molar-refractivity contribution in [2.75, 3.05) is 7.05 Å². The van der Waals surface area contributed by atoms with Crippen molar-refractivity contribution in [3.05, 3.63) is 75.7 Å². The van der Waals surface area contributed by atoms with E-state index in [2.05, 4.69) is 11.2 Å². The first kappa shape index (κ1) is 19.3. The molecule has 1 heterocycles. The molecule has 0 unspecified atom stereocenters. The zero-order valence-corrected chi connectivity index (χ0v) is 16.2. The minimum absolute atomic E-state index is 0.190. The van der Waals surface area contributed by atoms with E-state index in [1.54, 1.807) is 54.4 Å². The van der Waals surface area contributed by atoms with Crippen molar-refractivity contribution in [3.63, 3.8) is 0 Å². The van der Waals surface area contributed by atoms with E-state index in [1.165, 1.54) is 4.68 Å². The molecular weight excluding hydrogens is 352 g/mol. The second kappa shape index (κ2) is 8.05. The first-order valence-corrected chi connectivity index (χ1v) is 9.15. The molecule has 0 aliphatic rings. The van der Waals surface area contributed by atoms with E-state index in [1.807, 2.05) is 19.9 Å². The molecule has 0 saturated heterocycles. The molecule has 6 heteroatoms. The Labute approximate surface area is 163 Å². The average molecular weight is 374 g/mol. The van der Waals surface area contributed by atoms with Crippen LogP contribution in [0.15, 0.2) is 53.3 Å². The van der Waals surface area contributed by atoms with Crippen LogP contribution in [0, 0.1) is 17.2 Å². The summed E-state index contributed by atoms with van der Waals surface area (Å²) in [4.78, 5) is 27.4. The van der Waals surface area contributed by atoms with Crippen molar-refractivity contribution >= 4 is 16.7 Å². The number of aromatic nitrogens is 2. The lowest BCUT2D eigenvalue weighted by Gasteiger charge is -2.19. The van der Waals surface area contributed by atoms with Crippen LogP contribution < -0.4 is 5.56 Å². The number of carbonyl (C=O) groups excluding carboxylic acids is 1. The molecule has 0 bridgehead atoms. The highest BCUT2D eigenvalue weighted by atomic mass is 16.2. The zero-order chi connectivity index (χ0) is 20.3. The van der Waals surface area contributed by atoms with Crippen molar-refractivity contribution in [2.24, 2.45) is 5.92 Å². The molecule has 0 fully saturated rings. The van der Waals surface area contributed by atoms with Gasteiger partial charge in [-0.1, -0.05) is 44.2 Å². The summed E-state index contributed by atoms with van der Waals surface area (Å²) < 4.78 is 1.38. The maximum absolute atomic E-state index is 13.1. The third-order valence-corrected chi connectivity index (χ3v) is 4.43. The number of nitrogens with zero attached hydrogens (tertiary/aromatic N) is 4. The summed E-state index contributed by atoms with van der Waals surface area (Å²) in [5, 5.41) is 14.5. The van der Waals surface area contributed by atoms with Gasteiger partial charge in [-0.15, -0.1) is 0 Å². The van der Waals surface area contributed by atoms with Gasteiger partial charge in [0.25, 0.3) is 11.5 Å². The summed E-state index contributed by atoms with van der Waals surface area (Å²) in [7, 11) is 1.69. The topological polar surface area (TPSA) is 79.0 Å². The Morgan fingerprint density at radius 3 is 2.57 bits per heavy atom. The van der Waals surface area contributed by atoms with Crippen molar-refractivity contribution in [1.82, 2.24) is 14.7 Å². The summed E-state index contributed by atoms with van der Waals surface area (Å²) in [5.74, 6) is -0.0446. The fraction of sp³-hybridized carbons (Fsp3) is 0.273. The van der Waals surface area contributed by atoms with Crippen LogP contribution in [0.5, 0.6) is 0 Å². The predicted molar refractivity (Wildman–Crippen MR) is 108 cm³/mol. The van der Waals surface area contributed by atoms with Crippen LogP contribution in [0.4, 0.5) is 0 Å². The van der Waals surface area contributed by atoms with E-state index in [-0.39, 0.29) is 23.1 Å². The molecule has 0 atom stereocenters. The van der Waals surface area contributed by atoms with Gasteiger partial charge in [0.1, 0.15) is 0 Å². The van der Waals surface area contributed by atoms with E-state index < -0.39 is 0 Å². The molecule has 3 rings (SSSR count). The maximum Gasteiger partial charge on any atom is 0.274 e. The molecular formula is C22H22N4O2. The number of benzene rings is 2. The number of hydrogen-bond donors (Lipinski definition) is 0. The van der Waals surface area contributed by atoms with Crippen LogP contribution in [0.3, 0.4) is 0 Å². The second-order valence-corrected chi connectivity index (χ2v) is 7.25. The van der Waals surface area contributed by atoms with Crippen LogP contribution >= 0.6 is 0 Å². The Morgan fingerprint density at radius 1 is 1.18 bits per heavy atom. The predicted octanol–water partition coefficient (Wildman–Crippen LogP) is 3.20. The summed E-state index contributed by atoms with van der Waals surface area (Å²) in [5.41, 5.74) is 1.47. The molecule has 0 spiro atoms. The number of rotatable bonds is 5. The fourth-order valence-corrected chi connectivity index (χ4v) is 3.13. The van der Waals surface area contributed by atoms with Gasteiger partial charge in [-0.2, -0.15) is 10.4 Å². The van der Waals surface area contributed by atoms with E-state index in [9.17, 15) is 9.59 Å². The van der Waals surface area contributed by atoms with Crippen LogP contribution in [0.25, 0.3) is 10.8 Å². The Morgan fingerprint density at radius 2 is 1.89 bits per heavy atom. The van der Waals surface area contributed by atoms with Crippen LogP contribution in [-0.2, 0) is 13.1 Å². The average Bonchev–Trinajstić information content (AvgIpc) is 2.69. The number of hydrogen-bond acceptors (Lipinski definition) is 4. The normalized spacial score (nSPS) is 10.8. The fourth-order valence-electron chi connectivity index (χ4n) is 3.13. The lowest BCUT2D eigenvalue weighted by molar-refractivity contribution is 0.0778. The lowest BCUT2D eigenvalue weighted by atomic mass is 10.1. The summed E-state index contributed by atoms with van der Waals surface area (Å²) in [6, 6.07) is 16.3. The van der Waals surface area contributed by atoms with E-state index in [0.717, 1.165) is 5.56 Å². The van der Waals surface area contributed by atoms with Crippen LogP contribution in [-0.4, -0.2) is 27.6 Å². The van der Waals surface area contributed by atoms with Crippen molar-refractivity contribution in [1.29, 1.82) is 5.26 Å². The van der Waals surface area contributed by atoms with Gasteiger partial charge < -0.3 is 4.90 Å². The minimum Gasteiger partial charge on any atom is -0.336 e. The van der Waals surface area contributed by atoms with Gasteiger partial charge >= 0.3 is 0 Å². The minimum atomic E-state index is -0.268. The highest BCUT2D eigenvalue weighted by Crippen LogP contribution is 2.17.